The fourth-order valence-electron chi connectivity index (χ4n) is 1.99. The Balaban J connectivity index is 2.54. The molecule has 0 saturated heterocycles. The van der Waals surface area contributed by atoms with Crippen LogP contribution in [0.25, 0.3) is 10.8 Å². The number of halogens is 1. The lowest BCUT2D eigenvalue weighted by Gasteiger charge is -2.11. The maximum absolute atomic E-state index is 12.3. The molecule has 0 fully saturated rings. The summed E-state index contributed by atoms with van der Waals surface area (Å²) in [5.74, 6) is -0.399. The second kappa shape index (κ2) is 5.57. The van der Waals surface area contributed by atoms with Gasteiger partial charge in [-0.15, -0.1) is 0 Å². The van der Waals surface area contributed by atoms with Crippen molar-refractivity contribution in [1.82, 2.24) is 4.57 Å². The van der Waals surface area contributed by atoms with E-state index in [0.29, 0.717) is 12.0 Å². The van der Waals surface area contributed by atoms with E-state index in [2.05, 4.69) is 15.9 Å². The third-order valence-electron chi connectivity index (χ3n) is 2.87. The van der Waals surface area contributed by atoms with Crippen LogP contribution < -0.4 is 5.56 Å². The van der Waals surface area contributed by atoms with Crippen LogP contribution >= 0.6 is 15.9 Å². The van der Waals surface area contributed by atoms with E-state index in [9.17, 15) is 9.59 Å². The number of hydrogen-bond donors (Lipinski definition) is 0. The number of benzene rings is 1. The molecule has 0 spiro atoms. The molecule has 1 aromatic heterocycles. The molecule has 0 aliphatic rings. The zero-order chi connectivity index (χ0) is 14.0. The molecule has 4 nitrogen and oxygen atoms in total. The van der Waals surface area contributed by atoms with E-state index in [0.717, 1.165) is 15.6 Å². The molecule has 0 amide bonds. The number of rotatable bonds is 3. The molecule has 0 saturated carbocycles. The maximum Gasteiger partial charge on any atom is 0.326 e. The van der Waals surface area contributed by atoms with E-state index in [-0.39, 0.29) is 12.1 Å². The summed E-state index contributed by atoms with van der Waals surface area (Å²) in [6.07, 6.45) is 0. The Bertz CT molecular complexity index is 691. The van der Waals surface area contributed by atoms with Gasteiger partial charge >= 0.3 is 5.97 Å². The van der Waals surface area contributed by atoms with Crippen molar-refractivity contribution in [3.05, 3.63) is 44.8 Å². The average molecular weight is 324 g/mol. The van der Waals surface area contributed by atoms with E-state index >= 15 is 0 Å². The maximum atomic E-state index is 12.3. The Morgan fingerprint density at radius 2 is 2.11 bits per heavy atom. The van der Waals surface area contributed by atoms with Gasteiger partial charge in [0.25, 0.3) is 5.56 Å². The molecular weight excluding hydrogens is 310 g/mol. The third-order valence-corrected chi connectivity index (χ3v) is 3.37. The zero-order valence-corrected chi connectivity index (χ0v) is 12.4. The van der Waals surface area contributed by atoms with Gasteiger partial charge < -0.3 is 9.30 Å². The van der Waals surface area contributed by atoms with Crippen LogP contribution in [-0.2, 0) is 16.1 Å². The molecule has 1 heterocycles. The third kappa shape index (κ3) is 2.87. The number of ether oxygens (including phenoxy) is 1. The molecule has 1 aromatic carbocycles. The number of carbonyl (C=O) groups excluding carboxylic acids is 1. The highest BCUT2D eigenvalue weighted by atomic mass is 79.9. The van der Waals surface area contributed by atoms with Gasteiger partial charge in [-0.2, -0.15) is 0 Å². The number of aryl methyl sites for hydroxylation is 1. The van der Waals surface area contributed by atoms with Crippen molar-refractivity contribution >= 4 is 32.7 Å². The molecular formula is C14H14BrNO3. The van der Waals surface area contributed by atoms with Gasteiger partial charge in [0, 0.05) is 15.6 Å². The van der Waals surface area contributed by atoms with Gasteiger partial charge in [-0.3, -0.25) is 9.59 Å². The number of aromatic nitrogens is 1. The van der Waals surface area contributed by atoms with Crippen LogP contribution in [0, 0.1) is 6.92 Å². The van der Waals surface area contributed by atoms with Gasteiger partial charge in [-0.25, -0.2) is 0 Å². The van der Waals surface area contributed by atoms with Gasteiger partial charge in [0.05, 0.1) is 6.61 Å². The Kier molecular flexibility index (Phi) is 4.04. The summed E-state index contributed by atoms with van der Waals surface area (Å²) in [4.78, 5) is 23.9. The standard InChI is InChI=1S/C14H14BrNO3/c1-3-19-13(17)8-16-9(2)6-10-7-11(15)4-5-12(10)14(16)18/h4-7H,3,8H2,1-2H3. The fraction of sp³-hybridized carbons (Fsp3) is 0.286. The van der Waals surface area contributed by atoms with E-state index < -0.39 is 5.97 Å². The summed E-state index contributed by atoms with van der Waals surface area (Å²) in [6.45, 7) is 3.81. The summed E-state index contributed by atoms with van der Waals surface area (Å²) in [7, 11) is 0. The van der Waals surface area contributed by atoms with Crippen molar-refractivity contribution in [3.63, 3.8) is 0 Å². The van der Waals surface area contributed by atoms with Crippen molar-refractivity contribution in [1.29, 1.82) is 0 Å². The molecule has 0 bridgehead atoms. The van der Waals surface area contributed by atoms with E-state index in [1.807, 2.05) is 18.2 Å². The lowest BCUT2D eigenvalue weighted by Crippen LogP contribution is -2.27. The molecule has 19 heavy (non-hydrogen) atoms. The van der Waals surface area contributed by atoms with Crippen LogP contribution in [0.15, 0.2) is 33.5 Å². The summed E-state index contributed by atoms with van der Waals surface area (Å²) >= 11 is 3.38. The van der Waals surface area contributed by atoms with Crippen molar-refractivity contribution in [2.24, 2.45) is 0 Å². The summed E-state index contributed by atoms with van der Waals surface area (Å²) in [5.41, 5.74) is 0.569. The molecule has 0 atom stereocenters. The lowest BCUT2D eigenvalue weighted by atomic mass is 10.1. The smallest absolute Gasteiger partial charge is 0.326 e. The topological polar surface area (TPSA) is 48.3 Å². The summed E-state index contributed by atoms with van der Waals surface area (Å²) < 4.78 is 7.24. The van der Waals surface area contributed by atoms with E-state index in [4.69, 9.17) is 4.74 Å². The summed E-state index contributed by atoms with van der Waals surface area (Å²) in [6, 6.07) is 7.34. The quantitative estimate of drug-likeness (QED) is 0.816. The van der Waals surface area contributed by atoms with Crippen LogP contribution in [0.4, 0.5) is 0 Å². The molecule has 100 valence electrons. The molecule has 2 rings (SSSR count). The number of hydrogen-bond acceptors (Lipinski definition) is 3. The zero-order valence-electron chi connectivity index (χ0n) is 10.8. The first-order chi connectivity index (χ1) is 9.02. The Hall–Kier alpha value is -1.62. The first-order valence-electron chi connectivity index (χ1n) is 5.98. The molecule has 0 radical (unpaired) electrons. The highest BCUT2D eigenvalue weighted by Crippen LogP contribution is 2.18. The van der Waals surface area contributed by atoms with E-state index in [1.54, 1.807) is 19.9 Å². The minimum absolute atomic E-state index is 0.0511. The Labute approximate surface area is 119 Å². The molecule has 0 unspecified atom stereocenters. The van der Waals surface area contributed by atoms with Gasteiger partial charge in [0.1, 0.15) is 6.54 Å². The van der Waals surface area contributed by atoms with Gasteiger partial charge in [-0.1, -0.05) is 15.9 Å². The highest BCUT2D eigenvalue weighted by molar-refractivity contribution is 9.10. The normalized spacial score (nSPS) is 10.7. The second-order valence-corrected chi connectivity index (χ2v) is 5.13. The van der Waals surface area contributed by atoms with Gasteiger partial charge in [0.2, 0.25) is 0 Å². The summed E-state index contributed by atoms with van der Waals surface area (Å²) in [5, 5.41) is 1.45. The SMILES string of the molecule is CCOC(=O)Cn1c(C)cc2cc(Br)ccc2c1=O. The highest BCUT2D eigenvalue weighted by Gasteiger charge is 2.11. The van der Waals surface area contributed by atoms with Gasteiger partial charge in [-0.05, 0) is 43.5 Å². The minimum atomic E-state index is -0.399. The van der Waals surface area contributed by atoms with E-state index in [1.165, 1.54) is 4.57 Å². The van der Waals surface area contributed by atoms with Crippen LogP contribution in [0.5, 0.6) is 0 Å². The number of nitrogens with zero attached hydrogens (tertiary/aromatic N) is 1. The first-order valence-corrected chi connectivity index (χ1v) is 6.77. The van der Waals surface area contributed by atoms with Crippen LogP contribution in [-0.4, -0.2) is 17.1 Å². The second-order valence-electron chi connectivity index (χ2n) is 4.21. The Morgan fingerprint density at radius 1 is 1.37 bits per heavy atom. The first kappa shape index (κ1) is 13.8. The van der Waals surface area contributed by atoms with Crippen molar-refractivity contribution in [2.45, 2.75) is 20.4 Å². The fourth-order valence-corrected chi connectivity index (χ4v) is 2.37. The van der Waals surface area contributed by atoms with Crippen LogP contribution in [0.3, 0.4) is 0 Å². The average Bonchev–Trinajstić information content (AvgIpc) is 2.34. The largest absolute Gasteiger partial charge is 0.465 e. The predicted molar refractivity (Wildman–Crippen MR) is 77.3 cm³/mol. The van der Waals surface area contributed by atoms with Gasteiger partial charge in [0.15, 0.2) is 0 Å². The molecule has 0 aliphatic heterocycles. The molecule has 0 N–H and O–H groups in total. The Morgan fingerprint density at radius 3 is 2.79 bits per heavy atom. The monoisotopic (exact) mass is 323 g/mol. The predicted octanol–water partition coefficient (Wildman–Crippen LogP) is 2.64. The number of esters is 1. The van der Waals surface area contributed by atoms with Crippen LogP contribution in [0.2, 0.25) is 0 Å². The number of fused-ring (bicyclic) bond motifs is 1. The lowest BCUT2D eigenvalue weighted by molar-refractivity contribution is -0.143. The van der Waals surface area contributed by atoms with Crippen molar-refractivity contribution in [2.75, 3.05) is 6.61 Å². The number of pyridine rings is 1. The minimum Gasteiger partial charge on any atom is -0.465 e. The van der Waals surface area contributed by atoms with Crippen LogP contribution in [0.1, 0.15) is 12.6 Å². The number of carbonyl (C=O) groups is 1. The molecule has 5 heteroatoms. The van der Waals surface area contributed by atoms with Crippen molar-refractivity contribution in [3.8, 4) is 0 Å². The van der Waals surface area contributed by atoms with Crippen molar-refractivity contribution < 1.29 is 9.53 Å². The molecule has 0 aliphatic carbocycles. The molecule has 2 aromatic rings.